The minimum absolute atomic E-state index is 0.00150. The van der Waals surface area contributed by atoms with E-state index >= 15 is 0 Å². The molecule has 358 valence electrons. The quantitative estimate of drug-likeness (QED) is 0.125. The van der Waals surface area contributed by atoms with Gasteiger partial charge in [-0.1, -0.05) is 12.1 Å². The van der Waals surface area contributed by atoms with Gasteiger partial charge in [-0.25, -0.2) is 8.42 Å². The smallest absolute Gasteiger partial charge is 0.266 e. The summed E-state index contributed by atoms with van der Waals surface area (Å²) >= 11 is 1.37. The molecule has 20 heteroatoms. The Balaban J connectivity index is 0.740. The van der Waals surface area contributed by atoms with E-state index in [-0.39, 0.29) is 83.7 Å². The number of hydrogen-bond donors (Lipinski definition) is 2. The first-order valence-corrected chi connectivity index (χ1v) is 25.6. The number of nitrogens with zero attached hydrogens (tertiary/aromatic N) is 5. The van der Waals surface area contributed by atoms with Crippen molar-refractivity contribution in [2.45, 2.75) is 70.4 Å². The van der Waals surface area contributed by atoms with Gasteiger partial charge in [0, 0.05) is 56.1 Å². The molecule has 4 fully saturated rings. The molecule has 9 rings (SSSR count). The van der Waals surface area contributed by atoms with Crippen molar-refractivity contribution < 1.29 is 46.7 Å². The molecule has 0 bridgehead atoms. The molecule has 0 spiro atoms. The Labute approximate surface area is 396 Å². The lowest BCUT2D eigenvalue weighted by molar-refractivity contribution is -0.137. The molecule has 7 heterocycles. The van der Waals surface area contributed by atoms with Crippen LogP contribution in [0.3, 0.4) is 0 Å². The van der Waals surface area contributed by atoms with Gasteiger partial charge in [-0.05, 0) is 105 Å². The highest BCUT2D eigenvalue weighted by atomic mass is 32.2. The number of fused-ring (bicyclic) bond motifs is 2. The average molecular weight is 968 g/mol. The van der Waals surface area contributed by atoms with E-state index in [1.807, 2.05) is 30.0 Å². The number of rotatable bonds is 11. The molecule has 2 aromatic carbocycles. The molecule has 3 N–H and O–H groups in total. The standard InChI is InChI=1S/C48H53N7O11S2/c1-27-22-30(34-24-52(2)46(60)33-23-38(67-43(33)34)44(49)50-31-14-20-68(63,64)21-15-31)6-8-36(27)65-25-40(57)53-16-10-28(11-17-53)29-12-18-54(19-13-29)41(58)26-66-37-5-3-4-32-42(37)48(62)55(47(32)61)35-7-9-39(56)51-45(35)59/h3-6,8,22-24,28-29,31,35H,7,9-21,25-26H2,1-2H3,(H2,49,50)(H,51,56,59). The number of benzene rings is 2. The molecular formula is C48H53N7O11S2. The topological polar surface area (TPSA) is 237 Å². The molecule has 4 saturated heterocycles. The van der Waals surface area contributed by atoms with Crippen LogP contribution in [0, 0.1) is 18.8 Å². The van der Waals surface area contributed by atoms with Crippen molar-refractivity contribution in [1.29, 1.82) is 0 Å². The van der Waals surface area contributed by atoms with Gasteiger partial charge in [-0.2, -0.15) is 0 Å². The Morgan fingerprint density at radius 1 is 0.809 bits per heavy atom. The third-order valence-electron chi connectivity index (χ3n) is 14.0. The Hall–Kier alpha value is -6.41. The number of aromatic nitrogens is 1. The summed E-state index contributed by atoms with van der Waals surface area (Å²) in [6.45, 7) is 3.81. The van der Waals surface area contributed by atoms with Gasteiger partial charge in [0.05, 0.1) is 38.9 Å². The molecule has 6 amide bonds. The second-order valence-electron chi connectivity index (χ2n) is 18.3. The van der Waals surface area contributed by atoms with Crippen molar-refractivity contribution in [3.63, 3.8) is 0 Å². The molecule has 1 atom stereocenters. The number of amides is 6. The fourth-order valence-corrected chi connectivity index (χ4v) is 12.7. The third kappa shape index (κ3) is 9.39. The van der Waals surface area contributed by atoms with Gasteiger partial charge in [0.15, 0.2) is 13.2 Å². The summed E-state index contributed by atoms with van der Waals surface area (Å²) in [5.74, 6) is -0.904. The first-order chi connectivity index (χ1) is 32.5. The van der Waals surface area contributed by atoms with E-state index in [4.69, 9.17) is 15.2 Å². The molecule has 2 aromatic heterocycles. The fraction of sp³-hybridized carbons (Fsp3) is 0.458. The molecule has 18 nitrogen and oxygen atoms in total. The number of nitrogens with two attached hydrogens (primary N) is 1. The van der Waals surface area contributed by atoms with Crippen LogP contribution in [0.4, 0.5) is 0 Å². The summed E-state index contributed by atoms with van der Waals surface area (Å²) in [5, 5.41) is 2.70. The Morgan fingerprint density at radius 2 is 1.44 bits per heavy atom. The van der Waals surface area contributed by atoms with Crippen LogP contribution in [0.25, 0.3) is 21.2 Å². The summed E-state index contributed by atoms with van der Waals surface area (Å²) in [5.41, 5.74) is 8.85. The number of piperidine rings is 3. The monoisotopic (exact) mass is 967 g/mol. The largest absolute Gasteiger partial charge is 0.483 e. The maximum Gasteiger partial charge on any atom is 0.266 e. The lowest BCUT2D eigenvalue weighted by Crippen LogP contribution is -2.54. The lowest BCUT2D eigenvalue weighted by atomic mass is 9.79. The number of carbonyl (C=O) groups excluding carboxylic acids is 6. The molecular weight excluding hydrogens is 915 g/mol. The summed E-state index contributed by atoms with van der Waals surface area (Å²) in [6, 6.07) is 10.7. The Bertz CT molecular complexity index is 2930. The van der Waals surface area contributed by atoms with Crippen molar-refractivity contribution in [3.8, 4) is 22.6 Å². The van der Waals surface area contributed by atoms with Gasteiger partial charge in [-0.15, -0.1) is 11.3 Å². The number of imide groups is 2. The zero-order valence-corrected chi connectivity index (χ0v) is 39.5. The van der Waals surface area contributed by atoms with Crippen molar-refractivity contribution in [3.05, 3.63) is 80.6 Å². The predicted octanol–water partition coefficient (Wildman–Crippen LogP) is 3.19. The number of carbonyl (C=O) groups is 6. The number of nitrogens with one attached hydrogen (secondary N) is 1. The highest BCUT2D eigenvalue weighted by Gasteiger charge is 2.46. The second kappa shape index (κ2) is 18.9. The molecule has 5 aliphatic heterocycles. The van der Waals surface area contributed by atoms with Gasteiger partial charge >= 0.3 is 0 Å². The fourth-order valence-electron chi connectivity index (χ4n) is 10.1. The van der Waals surface area contributed by atoms with Crippen LogP contribution in [0.15, 0.2) is 58.4 Å². The second-order valence-corrected chi connectivity index (χ2v) is 21.7. The van der Waals surface area contributed by atoms with E-state index in [1.165, 1.54) is 28.0 Å². The number of hydrogen-bond acceptors (Lipinski definition) is 13. The zero-order valence-electron chi connectivity index (χ0n) is 37.9. The zero-order chi connectivity index (χ0) is 48.0. The Morgan fingerprint density at radius 3 is 2.06 bits per heavy atom. The summed E-state index contributed by atoms with van der Waals surface area (Å²) in [6.07, 6.45) is 6.00. The first kappa shape index (κ1) is 46.7. The minimum Gasteiger partial charge on any atom is -0.483 e. The first-order valence-electron chi connectivity index (χ1n) is 23.0. The van der Waals surface area contributed by atoms with Crippen LogP contribution in [0.1, 0.15) is 82.5 Å². The number of aliphatic imine (C=N–C) groups is 1. The molecule has 4 aromatic rings. The van der Waals surface area contributed by atoms with Gasteiger partial charge in [0.1, 0.15) is 33.2 Å². The van der Waals surface area contributed by atoms with Gasteiger partial charge in [0.25, 0.3) is 29.2 Å². The number of pyridine rings is 1. The molecule has 1 unspecified atom stereocenters. The van der Waals surface area contributed by atoms with E-state index in [1.54, 1.807) is 30.3 Å². The van der Waals surface area contributed by atoms with Crippen molar-refractivity contribution in [2.24, 2.45) is 29.6 Å². The normalized spacial score (nSPS) is 20.8. The van der Waals surface area contributed by atoms with Crippen molar-refractivity contribution in [1.82, 2.24) is 24.6 Å². The third-order valence-corrected chi connectivity index (χ3v) is 16.9. The van der Waals surface area contributed by atoms with Crippen LogP contribution in [0.2, 0.25) is 0 Å². The lowest BCUT2D eigenvalue weighted by Gasteiger charge is -2.40. The Kier molecular flexibility index (Phi) is 13.0. The van der Waals surface area contributed by atoms with Crippen LogP contribution < -0.4 is 26.1 Å². The average Bonchev–Trinajstić information content (AvgIpc) is 3.89. The van der Waals surface area contributed by atoms with Gasteiger partial charge < -0.3 is 29.6 Å². The van der Waals surface area contributed by atoms with Crippen LogP contribution >= 0.6 is 11.3 Å². The van der Waals surface area contributed by atoms with Crippen LogP contribution in [-0.2, 0) is 36.1 Å². The van der Waals surface area contributed by atoms with Gasteiger partial charge in [0.2, 0.25) is 11.8 Å². The number of thiophene rings is 1. The van der Waals surface area contributed by atoms with E-state index in [0.717, 1.165) is 52.0 Å². The SMILES string of the molecule is Cc1cc(-c2cn(C)c(=O)c3cc(C(N)=NC4CCS(=O)(=O)CC4)sc23)ccc1OCC(=O)N1CCC(C2CCN(C(=O)COc3cccc4c3C(=O)N(C3CCC(=O)NC3=O)C4=O)CC2)CC1. The number of amidine groups is 1. The summed E-state index contributed by atoms with van der Waals surface area (Å²) < 4.78 is 38.0. The van der Waals surface area contributed by atoms with E-state index in [2.05, 4.69) is 10.3 Å². The highest BCUT2D eigenvalue weighted by molar-refractivity contribution is 7.91. The molecule has 5 aliphatic rings. The number of aryl methyl sites for hydroxylation is 2. The molecule has 0 saturated carbocycles. The van der Waals surface area contributed by atoms with E-state index in [0.29, 0.717) is 66.9 Å². The highest BCUT2D eigenvalue weighted by Crippen LogP contribution is 2.37. The number of sulfone groups is 1. The van der Waals surface area contributed by atoms with Crippen LogP contribution in [-0.4, -0.2) is 132 Å². The summed E-state index contributed by atoms with van der Waals surface area (Å²) in [7, 11) is -1.34. The van der Waals surface area contributed by atoms with E-state index in [9.17, 15) is 42.0 Å². The van der Waals surface area contributed by atoms with Crippen molar-refractivity contribution in [2.75, 3.05) is 50.9 Å². The van der Waals surface area contributed by atoms with Crippen molar-refractivity contribution >= 4 is 72.5 Å². The van der Waals surface area contributed by atoms with E-state index < -0.39 is 39.5 Å². The molecule has 0 aliphatic carbocycles. The minimum atomic E-state index is -3.04. The molecule has 0 radical (unpaired) electrons. The summed E-state index contributed by atoms with van der Waals surface area (Å²) in [4.78, 5) is 100. The maximum atomic E-state index is 13.4. The predicted molar refractivity (Wildman–Crippen MR) is 252 cm³/mol. The molecule has 68 heavy (non-hydrogen) atoms. The number of likely N-dealkylation sites (tertiary alicyclic amines) is 2. The number of ether oxygens (including phenoxy) is 2. The van der Waals surface area contributed by atoms with Crippen LogP contribution in [0.5, 0.6) is 11.5 Å². The maximum absolute atomic E-state index is 13.4. The van der Waals surface area contributed by atoms with Gasteiger partial charge in [-0.3, -0.25) is 48.8 Å².